The topological polar surface area (TPSA) is 65.5 Å². The number of rotatable bonds is 3. The molecular weight excluding hydrogens is 434 g/mol. The van der Waals surface area contributed by atoms with Crippen LogP contribution in [0, 0.1) is 6.92 Å². The van der Waals surface area contributed by atoms with Gasteiger partial charge in [0.1, 0.15) is 0 Å². The second-order valence-corrected chi connectivity index (χ2v) is 8.68. The third-order valence-corrected chi connectivity index (χ3v) is 6.36. The molecule has 0 bridgehead atoms. The lowest BCUT2D eigenvalue weighted by Crippen LogP contribution is -2.24. The van der Waals surface area contributed by atoms with E-state index in [1.54, 1.807) is 6.07 Å². The second kappa shape index (κ2) is 8.34. The SMILES string of the molecule is CC(=O)N1N=C(c2c(-c3ccccc3)c3cc(C)ccc3[nH]c2=O)C[C@H]1c1ccccc1Cl. The van der Waals surface area contributed by atoms with Crippen LogP contribution < -0.4 is 5.56 Å². The van der Waals surface area contributed by atoms with E-state index in [1.165, 1.54) is 11.9 Å². The Balaban J connectivity index is 1.76. The molecule has 0 saturated heterocycles. The van der Waals surface area contributed by atoms with E-state index in [1.807, 2.05) is 67.6 Å². The van der Waals surface area contributed by atoms with Gasteiger partial charge in [-0.25, -0.2) is 5.01 Å². The highest BCUT2D eigenvalue weighted by atomic mass is 35.5. The van der Waals surface area contributed by atoms with Crippen molar-refractivity contribution in [2.24, 2.45) is 5.10 Å². The van der Waals surface area contributed by atoms with Crippen LogP contribution >= 0.6 is 11.6 Å². The van der Waals surface area contributed by atoms with Gasteiger partial charge < -0.3 is 4.98 Å². The number of carbonyl (C=O) groups excluding carboxylic acids is 1. The van der Waals surface area contributed by atoms with Crippen molar-refractivity contribution >= 4 is 34.1 Å². The summed E-state index contributed by atoms with van der Waals surface area (Å²) < 4.78 is 0. The summed E-state index contributed by atoms with van der Waals surface area (Å²) in [6.45, 7) is 3.50. The highest BCUT2D eigenvalue weighted by Crippen LogP contribution is 2.38. The lowest BCUT2D eigenvalue weighted by molar-refractivity contribution is -0.130. The van der Waals surface area contributed by atoms with Gasteiger partial charge in [0.25, 0.3) is 5.56 Å². The van der Waals surface area contributed by atoms with Gasteiger partial charge in [-0.15, -0.1) is 0 Å². The van der Waals surface area contributed by atoms with E-state index in [9.17, 15) is 9.59 Å². The Morgan fingerprint density at radius 2 is 1.76 bits per heavy atom. The van der Waals surface area contributed by atoms with Crippen molar-refractivity contribution in [1.29, 1.82) is 0 Å². The van der Waals surface area contributed by atoms with Crippen LogP contribution in [0.1, 0.15) is 36.1 Å². The van der Waals surface area contributed by atoms with Crippen LogP contribution in [0.5, 0.6) is 0 Å². The maximum absolute atomic E-state index is 13.4. The number of aromatic amines is 1. The quantitative estimate of drug-likeness (QED) is 0.420. The summed E-state index contributed by atoms with van der Waals surface area (Å²) >= 11 is 6.47. The fourth-order valence-corrected chi connectivity index (χ4v) is 4.79. The number of hydrogen-bond donors (Lipinski definition) is 1. The first-order valence-electron chi connectivity index (χ1n) is 10.8. The number of amides is 1. The highest BCUT2D eigenvalue weighted by Gasteiger charge is 2.35. The smallest absolute Gasteiger partial charge is 0.258 e. The molecule has 2 heterocycles. The van der Waals surface area contributed by atoms with E-state index >= 15 is 0 Å². The molecule has 1 aliphatic rings. The second-order valence-electron chi connectivity index (χ2n) is 8.27. The molecule has 5 rings (SSSR count). The molecule has 1 amide bonds. The van der Waals surface area contributed by atoms with Crippen molar-refractivity contribution < 1.29 is 4.79 Å². The molecule has 1 aliphatic heterocycles. The Bertz CT molecular complexity index is 1470. The number of fused-ring (bicyclic) bond motifs is 1. The lowest BCUT2D eigenvalue weighted by atomic mass is 9.90. The first kappa shape index (κ1) is 21.2. The number of nitrogens with zero attached hydrogens (tertiary/aromatic N) is 2. The zero-order valence-corrected chi connectivity index (χ0v) is 19.1. The molecule has 1 aromatic heterocycles. The van der Waals surface area contributed by atoms with Crippen LogP contribution in [0.3, 0.4) is 0 Å². The normalized spacial score (nSPS) is 15.7. The molecule has 0 spiro atoms. The van der Waals surface area contributed by atoms with Gasteiger partial charge >= 0.3 is 0 Å². The lowest BCUT2D eigenvalue weighted by Gasteiger charge is -2.21. The summed E-state index contributed by atoms with van der Waals surface area (Å²) in [5.41, 5.74) is 5.23. The molecule has 6 heteroatoms. The summed E-state index contributed by atoms with van der Waals surface area (Å²) in [4.78, 5) is 28.9. The number of hydrogen-bond acceptors (Lipinski definition) is 3. The number of aryl methyl sites for hydroxylation is 1. The molecule has 164 valence electrons. The van der Waals surface area contributed by atoms with Crippen LogP contribution in [0.4, 0.5) is 0 Å². The van der Waals surface area contributed by atoms with Gasteiger partial charge in [0.05, 0.1) is 17.3 Å². The summed E-state index contributed by atoms with van der Waals surface area (Å²) in [6.07, 6.45) is 0.392. The number of halogens is 1. The van der Waals surface area contributed by atoms with Crippen molar-refractivity contribution in [3.63, 3.8) is 0 Å². The molecule has 0 saturated carbocycles. The largest absolute Gasteiger partial charge is 0.321 e. The summed E-state index contributed by atoms with van der Waals surface area (Å²) in [5.74, 6) is -0.204. The van der Waals surface area contributed by atoms with E-state index in [4.69, 9.17) is 11.6 Å². The van der Waals surface area contributed by atoms with Crippen LogP contribution in [0.15, 0.2) is 82.7 Å². The summed E-state index contributed by atoms with van der Waals surface area (Å²) in [5, 5.41) is 7.60. The van der Waals surface area contributed by atoms with Gasteiger partial charge in [-0.2, -0.15) is 5.10 Å². The Morgan fingerprint density at radius 1 is 1.03 bits per heavy atom. The van der Waals surface area contributed by atoms with Gasteiger partial charge in [0, 0.05) is 34.8 Å². The Kier molecular flexibility index (Phi) is 5.35. The summed E-state index contributed by atoms with van der Waals surface area (Å²) in [7, 11) is 0. The van der Waals surface area contributed by atoms with Crippen molar-refractivity contribution in [1.82, 2.24) is 9.99 Å². The number of benzene rings is 3. The molecule has 1 atom stereocenters. The monoisotopic (exact) mass is 455 g/mol. The third kappa shape index (κ3) is 3.74. The Labute approximate surface area is 196 Å². The minimum Gasteiger partial charge on any atom is -0.321 e. The minimum absolute atomic E-state index is 0.204. The van der Waals surface area contributed by atoms with Crippen LogP contribution in [0.2, 0.25) is 5.02 Å². The molecular formula is C27H22ClN3O2. The molecule has 3 aromatic carbocycles. The Morgan fingerprint density at radius 3 is 2.48 bits per heavy atom. The first-order valence-corrected chi connectivity index (χ1v) is 11.2. The van der Waals surface area contributed by atoms with Gasteiger partial charge in [0.2, 0.25) is 5.91 Å². The van der Waals surface area contributed by atoms with Crippen LogP contribution in [-0.2, 0) is 4.79 Å². The fraction of sp³-hybridized carbons (Fsp3) is 0.148. The van der Waals surface area contributed by atoms with E-state index in [0.717, 1.165) is 33.2 Å². The molecule has 1 N–H and O–H groups in total. The Hall–Kier alpha value is -3.70. The number of carbonyl (C=O) groups is 1. The number of pyridine rings is 1. The molecule has 0 unspecified atom stereocenters. The van der Waals surface area contributed by atoms with E-state index in [-0.39, 0.29) is 17.5 Å². The average molecular weight is 456 g/mol. The van der Waals surface area contributed by atoms with Gasteiger partial charge in [-0.3, -0.25) is 9.59 Å². The molecule has 5 nitrogen and oxygen atoms in total. The number of nitrogens with one attached hydrogen (secondary N) is 1. The number of aromatic nitrogens is 1. The first-order chi connectivity index (χ1) is 15.9. The van der Waals surface area contributed by atoms with E-state index in [0.29, 0.717) is 22.7 Å². The highest BCUT2D eigenvalue weighted by molar-refractivity contribution is 6.31. The molecule has 0 fully saturated rings. The molecule has 4 aromatic rings. The minimum atomic E-state index is -0.373. The summed E-state index contributed by atoms with van der Waals surface area (Å²) in [6, 6.07) is 22.9. The predicted molar refractivity (Wildman–Crippen MR) is 133 cm³/mol. The predicted octanol–water partition coefficient (Wildman–Crippen LogP) is 5.85. The van der Waals surface area contributed by atoms with Gasteiger partial charge in [-0.1, -0.05) is 71.8 Å². The maximum atomic E-state index is 13.4. The van der Waals surface area contributed by atoms with Crippen molar-refractivity contribution in [3.05, 3.63) is 105 Å². The zero-order valence-electron chi connectivity index (χ0n) is 18.3. The standard InChI is InChI=1S/C27H22ClN3O2/c1-16-12-13-22-20(14-16)25(18-8-4-3-5-9-18)26(27(33)29-22)23-15-24(31(30-23)17(2)32)19-10-6-7-11-21(19)28/h3-14,24H,15H2,1-2H3,(H,29,33)/t24-/m0/s1. The van der Waals surface area contributed by atoms with Gasteiger partial charge in [0.15, 0.2) is 0 Å². The number of hydrazone groups is 1. The van der Waals surface area contributed by atoms with Crippen molar-refractivity contribution in [3.8, 4) is 11.1 Å². The zero-order chi connectivity index (χ0) is 23.1. The van der Waals surface area contributed by atoms with Crippen LogP contribution in [-0.4, -0.2) is 21.6 Å². The van der Waals surface area contributed by atoms with Gasteiger partial charge in [-0.05, 0) is 36.2 Å². The molecule has 0 aliphatic carbocycles. The average Bonchev–Trinajstić information content (AvgIpc) is 3.24. The maximum Gasteiger partial charge on any atom is 0.258 e. The number of H-pyrrole nitrogens is 1. The molecule has 0 radical (unpaired) electrons. The van der Waals surface area contributed by atoms with Crippen molar-refractivity contribution in [2.45, 2.75) is 26.3 Å². The van der Waals surface area contributed by atoms with E-state index < -0.39 is 0 Å². The fourth-order valence-electron chi connectivity index (χ4n) is 4.53. The third-order valence-electron chi connectivity index (χ3n) is 6.02. The van der Waals surface area contributed by atoms with E-state index in [2.05, 4.69) is 16.2 Å². The van der Waals surface area contributed by atoms with Crippen LogP contribution in [0.25, 0.3) is 22.0 Å². The molecule has 33 heavy (non-hydrogen) atoms. The van der Waals surface area contributed by atoms with Crippen molar-refractivity contribution in [2.75, 3.05) is 0 Å².